The van der Waals surface area contributed by atoms with Crippen LogP contribution in [0.4, 0.5) is 8.78 Å². The monoisotopic (exact) mass is 196 g/mol. The van der Waals surface area contributed by atoms with Crippen LogP contribution >= 0.6 is 23.2 Å². The van der Waals surface area contributed by atoms with Gasteiger partial charge in [0.15, 0.2) is 0 Å². The minimum Gasteiger partial charge on any atom is -0.205 e. The summed E-state index contributed by atoms with van der Waals surface area (Å²) in [4.78, 5) is 0. The number of benzene rings is 1. The number of alkyl halides is 2. The summed E-state index contributed by atoms with van der Waals surface area (Å²) in [6.45, 7) is 0. The van der Waals surface area contributed by atoms with Gasteiger partial charge in [-0.25, -0.2) is 8.78 Å². The van der Waals surface area contributed by atoms with Gasteiger partial charge in [-0.05, 0) is 12.1 Å². The third kappa shape index (κ3) is 1.82. The summed E-state index contributed by atoms with van der Waals surface area (Å²) in [5.74, 6) is 0. The van der Waals surface area contributed by atoms with Crippen LogP contribution in [-0.2, 0) is 0 Å². The lowest BCUT2D eigenvalue weighted by atomic mass is 10.2. The van der Waals surface area contributed by atoms with Crippen LogP contribution in [0.5, 0.6) is 0 Å². The Labute approximate surface area is 72.7 Å². The first kappa shape index (κ1) is 8.75. The molecule has 0 amide bonds. The van der Waals surface area contributed by atoms with Crippen molar-refractivity contribution in [3.63, 3.8) is 0 Å². The molecule has 0 nitrogen and oxygen atoms in total. The molecule has 1 aromatic rings. The second-order valence-electron chi connectivity index (χ2n) is 1.94. The first-order chi connectivity index (χ1) is 5.13. The average Bonchev–Trinajstić information content (AvgIpc) is 1.85. The van der Waals surface area contributed by atoms with E-state index in [-0.39, 0.29) is 15.6 Å². The van der Waals surface area contributed by atoms with Gasteiger partial charge in [-0.1, -0.05) is 29.3 Å². The summed E-state index contributed by atoms with van der Waals surface area (Å²) in [6, 6.07) is 4.29. The van der Waals surface area contributed by atoms with Crippen molar-refractivity contribution in [1.29, 1.82) is 0 Å². The highest BCUT2D eigenvalue weighted by Crippen LogP contribution is 2.32. The summed E-state index contributed by atoms with van der Waals surface area (Å²) < 4.78 is 24.2. The van der Waals surface area contributed by atoms with Gasteiger partial charge in [-0.3, -0.25) is 0 Å². The Morgan fingerprint density at radius 3 is 1.82 bits per heavy atom. The topological polar surface area (TPSA) is 0 Å². The van der Waals surface area contributed by atoms with E-state index < -0.39 is 6.43 Å². The Morgan fingerprint density at radius 1 is 1.09 bits per heavy atom. The predicted octanol–water partition coefficient (Wildman–Crippen LogP) is 3.93. The second kappa shape index (κ2) is 3.37. The average molecular weight is 197 g/mol. The van der Waals surface area contributed by atoms with Crippen molar-refractivity contribution in [2.45, 2.75) is 6.43 Å². The summed E-state index contributed by atoms with van der Waals surface area (Å²) in [6.07, 6.45) is -2.61. The third-order valence-electron chi connectivity index (χ3n) is 1.22. The maximum Gasteiger partial charge on any atom is 0.266 e. The van der Waals surface area contributed by atoms with Gasteiger partial charge < -0.3 is 0 Å². The highest BCUT2D eigenvalue weighted by atomic mass is 35.5. The van der Waals surface area contributed by atoms with Crippen molar-refractivity contribution >= 4 is 23.2 Å². The molecule has 0 N–H and O–H groups in total. The third-order valence-corrected chi connectivity index (χ3v) is 1.88. The molecule has 0 aliphatic heterocycles. The molecule has 0 aliphatic carbocycles. The van der Waals surface area contributed by atoms with Gasteiger partial charge in [0, 0.05) is 0 Å². The van der Waals surface area contributed by atoms with Crippen LogP contribution in [0.2, 0.25) is 10.0 Å². The van der Waals surface area contributed by atoms with E-state index >= 15 is 0 Å². The van der Waals surface area contributed by atoms with Crippen LogP contribution in [0.15, 0.2) is 18.2 Å². The molecule has 0 heterocycles. The molecule has 0 radical (unpaired) electrons. The van der Waals surface area contributed by atoms with E-state index in [1.54, 1.807) is 0 Å². The van der Waals surface area contributed by atoms with Crippen molar-refractivity contribution in [2.24, 2.45) is 0 Å². The van der Waals surface area contributed by atoms with Crippen LogP contribution in [0.1, 0.15) is 12.0 Å². The van der Waals surface area contributed by atoms with Gasteiger partial charge in [0.2, 0.25) is 0 Å². The Bertz CT molecular complexity index is 240. The molecule has 0 unspecified atom stereocenters. The van der Waals surface area contributed by atoms with Gasteiger partial charge in [0.1, 0.15) is 0 Å². The lowest BCUT2D eigenvalue weighted by molar-refractivity contribution is 0.151. The zero-order valence-electron chi connectivity index (χ0n) is 5.32. The SMILES string of the molecule is FC(F)c1c(Cl)cccc1Cl. The molecule has 1 rings (SSSR count). The summed E-state index contributed by atoms with van der Waals surface area (Å²) >= 11 is 10.9. The number of halogens is 4. The first-order valence-corrected chi connectivity index (χ1v) is 3.60. The van der Waals surface area contributed by atoms with Crippen LogP contribution < -0.4 is 0 Å². The van der Waals surface area contributed by atoms with Crippen molar-refractivity contribution < 1.29 is 8.78 Å². The van der Waals surface area contributed by atoms with E-state index in [9.17, 15) is 8.78 Å². The van der Waals surface area contributed by atoms with Gasteiger partial charge >= 0.3 is 0 Å². The molecular formula is C7H4Cl2F2. The second-order valence-corrected chi connectivity index (χ2v) is 2.75. The normalized spacial score (nSPS) is 10.6. The zero-order valence-corrected chi connectivity index (χ0v) is 6.83. The Morgan fingerprint density at radius 2 is 1.55 bits per heavy atom. The van der Waals surface area contributed by atoms with Crippen molar-refractivity contribution in [2.75, 3.05) is 0 Å². The number of hydrogen-bond acceptors (Lipinski definition) is 0. The molecule has 0 bridgehead atoms. The summed E-state index contributed by atoms with van der Waals surface area (Å²) in [5.41, 5.74) is -0.296. The van der Waals surface area contributed by atoms with Gasteiger partial charge in [0.25, 0.3) is 6.43 Å². The smallest absolute Gasteiger partial charge is 0.205 e. The van der Waals surface area contributed by atoms with E-state index in [2.05, 4.69) is 0 Å². The largest absolute Gasteiger partial charge is 0.266 e. The number of hydrogen-bond donors (Lipinski definition) is 0. The zero-order chi connectivity index (χ0) is 8.43. The molecule has 4 heteroatoms. The summed E-state index contributed by atoms with van der Waals surface area (Å²) in [7, 11) is 0. The molecule has 0 aliphatic rings. The Hall–Kier alpha value is -0.340. The molecule has 0 spiro atoms. The van der Waals surface area contributed by atoms with E-state index in [0.717, 1.165) is 0 Å². The lowest BCUT2D eigenvalue weighted by Gasteiger charge is -2.03. The standard InChI is InChI=1S/C7H4Cl2F2/c8-4-2-1-3-5(9)6(4)7(10)11/h1-3,7H. The Kier molecular flexibility index (Phi) is 2.68. The highest BCUT2D eigenvalue weighted by molar-refractivity contribution is 6.36. The fourth-order valence-corrected chi connectivity index (χ4v) is 1.28. The van der Waals surface area contributed by atoms with Crippen LogP contribution in [0.25, 0.3) is 0 Å². The van der Waals surface area contributed by atoms with Crippen molar-refractivity contribution in [3.8, 4) is 0 Å². The quantitative estimate of drug-likeness (QED) is 0.639. The predicted molar refractivity (Wildman–Crippen MR) is 41.4 cm³/mol. The molecule has 0 fully saturated rings. The minimum atomic E-state index is -2.61. The van der Waals surface area contributed by atoms with E-state index in [4.69, 9.17) is 23.2 Å². The van der Waals surface area contributed by atoms with E-state index in [1.807, 2.05) is 0 Å². The Balaban J connectivity index is 3.21. The molecule has 0 aromatic heterocycles. The first-order valence-electron chi connectivity index (χ1n) is 2.85. The molecule has 11 heavy (non-hydrogen) atoms. The number of rotatable bonds is 1. The summed E-state index contributed by atoms with van der Waals surface area (Å²) in [5, 5.41) is 0.0139. The fourth-order valence-electron chi connectivity index (χ4n) is 0.719. The van der Waals surface area contributed by atoms with E-state index in [1.165, 1.54) is 18.2 Å². The molecule has 60 valence electrons. The van der Waals surface area contributed by atoms with Gasteiger partial charge in [-0.2, -0.15) is 0 Å². The van der Waals surface area contributed by atoms with Crippen LogP contribution in [0.3, 0.4) is 0 Å². The highest BCUT2D eigenvalue weighted by Gasteiger charge is 2.14. The molecule has 1 aromatic carbocycles. The van der Waals surface area contributed by atoms with Gasteiger partial charge in [-0.15, -0.1) is 0 Å². The van der Waals surface area contributed by atoms with Crippen molar-refractivity contribution in [3.05, 3.63) is 33.8 Å². The van der Waals surface area contributed by atoms with Gasteiger partial charge in [0.05, 0.1) is 15.6 Å². The fraction of sp³-hybridized carbons (Fsp3) is 0.143. The maximum absolute atomic E-state index is 12.1. The lowest BCUT2D eigenvalue weighted by Crippen LogP contribution is -1.86. The van der Waals surface area contributed by atoms with Crippen LogP contribution in [-0.4, -0.2) is 0 Å². The molecule has 0 saturated heterocycles. The molecule has 0 atom stereocenters. The van der Waals surface area contributed by atoms with Crippen molar-refractivity contribution in [1.82, 2.24) is 0 Å². The molecular weight excluding hydrogens is 193 g/mol. The molecule has 0 saturated carbocycles. The van der Waals surface area contributed by atoms with Crippen LogP contribution in [0, 0.1) is 0 Å². The maximum atomic E-state index is 12.1. The minimum absolute atomic E-state index is 0.00694. The van der Waals surface area contributed by atoms with E-state index in [0.29, 0.717) is 0 Å².